The molecule has 0 spiro atoms. The second kappa shape index (κ2) is 4.76. The van der Waals surface area contributed by atoms with Crippen molar-refractivity contribution in [2.24, 2.45) is 0 Å². The molecule has 0 aliphatic rings. The van der Waals surface area contributed by atoms with E-state index in [1.165, 1.54) is 0 Å². The summed E-state index contributed by atoms with van der Waals surface area (Å²) in [4.78, 5) is 16.0. The summed E-state index contributed by atoms with van der Waals surface area (Å²) in [7, 11) is 0. The number of halogens is 1. The van der Waals surface area contributed by atoms with Crippen molar-refractivity contribution in [1.82, 2.24) is 9.38 Å². The van der Waals surface area contributed by atoms with Crippen LogP contribution in [0.25, 0.3) is 16.9 Å². The maximum absolute atomic E-state index is 11.4. The minimum atomic E-state index is 0.557. The zero-order valence-electron chi connectivity index (χ0n) is 11.2. The van der Waals surface area contributed by atoms with Gasteiger partial charge in [0.25, 0.3) is 0 Å². The second-order valence-electron chi connectivity index (χ2n) is 4.86. The van der Waals surface area contributed by atoms with Crippen LogP contribution in [0.3, 0.4) is 0 Å². The highest BCUT2D eigenvalue weighted by Crippen LogP contribution is 2.27. The van der Waals surface area contributed by atoms with E-state index < -0.39 is 0 Å². The molecule has 0 aliphatic carbocycles. The third-order valence-electron chi connectivity index (χ3n) is 3.36. The minimum Gasteiger partial charge on any atom is -0.297 e. The number of fused-ring (bicyclic) bond motifs is 1. The highest BCUT2D eigenvalue weighted by Gasteiger charge is 2.14. The Labute approximate surface area is 121 Å². The van der Waals surface area contributed by atoms with E-state index in [1.807, 2.05) is 50.4 Å². The summed E-state index contributed by atoms with van der Waals surface area (Å²) in [5.74, 6) is 0. The van der Waals surface area contributed by atoms with Crippen LogP contribution in [-0.4, -0.2) is 15.7 Å². The molecule has 0 atom stereocenters. The summed E-state index contributed by atoms with van der Waals surface area (Å²) in [6, 6.07) is 9.58. The molecule has 3 rings (SSSR count). The Kier molecular flexibility index (Phi) is 3.07. The molecule has 0 bridgehead atoms. The first-order chi connectivity index (χ1) is 9.60. The summed E-state index contributed by atoms with van der Waals surface area (Å²) >= 11 is 6.05. The lowest BCUT2D eigenvalue weighted by atomic mass is 10.1. The molecule has 1 aromatic carbocycles. The number of aryl methyl sites for hydroxylation is 2. The van der Waals surface area contributed by atoms with Gasteiger partial charge in [0.15, 0.2) is 6.29 Å². The fraction of sp³-hybridized carbons (Fsp3) is 0.125. The number of imidazole rings is 1. The Morgan fingerprint density at radius 2 is 2.00 bits per heavy atom. The van der Waals surface area contributed by atoms with Crippen LogP contribution in [0.15, 0.2) is 36.5 Å². The number of nitrogens with zero attached hydrogens (tertiary/aromatic N) is 2. The third kappa shape index (κ3) is 2.00. The molecule has 2 aromatic heterocycles. The van der Waals surface area contributed by atoms with E-state index in [-0.39, 0.29) is 0 Å². The van der Waals surface area contributed by atoms with Crippen molar-refractivity contribution in [3.05, 3.63) is 58.4 Å². The van der Waals surface area contributed by atoms with Gasteiger partial charge in [0.1, 0.15) is 17.0 Å². The number of benzene rings is 1. The third-order valence-corrected chi connectivity index (χ3v) is 3.79. The number of aromatic nitrogens is 2. The van der Waals surface area contributed by atoms with Gasteiger partial charge in [-0.3, -0.25) is 9.20 Å². The van der Waals surface area contributed by atoms with Gasteiger partial charge < -0.3 is 0 Å². The zero-order valence-corrected chi connectivity index (χ0v) is 12.0. The summed E-state index contributed by atoms with van der Waals surface area (Å²) in [5, 5.41) is 0.709. The smallest absolute Gasteiger partial charge is 0.169 e. The minimum absolute atomic E-state index is 0.557. The Bertz CT molecular complexity index is 821. The molecule has 3 aromatic rings. The number of aldehydes is 1. The van der Waals surface area contributed by atoms with Gasteiger partial charge in [0.2, 0.25) is 0 Å². The van der Waals surface area contributed by atoms with Gasteiger partial charge in [-0.15, -0.1) is 0 Å². The molecule has 100 valence electrons. The standard InChI is InChI=1S/C16H13ClN2O/c1-10-5-6-19-14(9-20)16(18-15(19)7-10)12-3-4-13(17)11(2)8-12/h3-9H,1-2H3. The number of pyridine rings is 1. The molecule has 20 heavy (non-hydrogen) atoms. The first-order valence-electron chi connectivity index (χ1n) is 6.30. The van der Waals surface area contributed by atoms with E-state index in [1.54, 1.807) is 4.40 Å². The number of carbonyl (C=O) groups is 1. The highest BCUT2D eigenvalue weighted by molar-refractivity contribution is 6.31. The molecule has 0 amide bonds. The van der Waals surface area contributed by atoms with E-state index in [4.69, 9.17) is 11.6 Å². The first-order valence-corrected chi connectivity index (χ1v) is 6.68. The summed E-state index contributed by atoms with van der Waals surface area (Å²) in [6.45, 7) is 3.94. The van der Waals surface area contributed by atoms with Gasteiger partial charge in [-0.05, 0) is 49.2 Å². The maximum atomic E-state index is 11.4. The van der Waals surface area contributed by atoms with Crippen molar-refractivity contribution in [2.75, 3.05) is 0 Å². The van der Waals surface area contributed by atoms with Crippen molar-refractivity contribution in [2.45, 2.75) is 13.8 Å². The lowest BCUT2D eigenvalue weighted by Crippen LogP contribution is -1.92. The molecule has 0 fully saturated rings. The first kappa shape index (κ1) is 12.9. The molecule has 0 radical (unpaired) electrons. The predicted molar refractivity (Wildman–Crippen MR) is 80.5 cm³/mol. The number of hydrogen-bond donors (Lipinski definition) is 0. The van der Waals surface area contributed by atoms with Crippen molar-refractivity contribution < 1.29 is 4.79 Å². The van der Waals surface area contributed by atoms with Crippen molar-refractivity contribution in [1.29, 1.82) is 0 Å². The predicted octanol–water partition coefficient (Wildman–Crippen LogP) is 4.08. The molecule has 4 heteroatoms. The van der Waals surface area contributed by atoms with E-state index in [2.05, 4.69) is 4.98 Å². The second-order valence-corrected chi connectivity index (χ2v) is 5.27. The Hall–Kier alpha value is -2.13. The summed E-state index contributed by atoms with van der Waals surface area (Å²) < 4.78 is 1.80. The van der Waals surface area contributed by atoms with Crippen LogP contribution in [-0.2, 0) is 0 Å². The molecule has 3 nitrogen and oxygen atoms in total. The lowest BCUT2D eigenvalue weighted by Gasteiger charge is -2.02. The van der Waals surface area contributed by atoms with Gasteiger partial charge in [0.05, 0.1) is 0 Å². The zero-order chi connectivity index (χ0) is 14.3. The highest BCUT2D eigenvalue weighted by atomic mass is 35.5. The number of hydrogen-bond acceptors (Lipinski definition) is 2. The van der Waals surface area contributed by atoms with Gasteiger partial charge in [-0.1, -0.05) is 17.7 Å². The van der Waals surface area contributed by atoms with Gasteiger partial charge in [0, 0.05) is 16.8 Å². The van der Waals surface area contributed by atoms with E-state index in [0.717, 1.165) is 28.6 Å². The van der Waals surface area contributed by atoms with Crippen LogP contribution in [0, 0.1) is 13.8 Å². The Balaban J connectivity index is 2.29. The summed E-state index contributed by atoms with van der Waals surface area (Å²) in [5.41, 5.74) is 4.99. The maximum Gasteiger partial charge on any atom is 0.169 e. The molecule has 2 heterocycles. The summed E-state index contributed by atoms with van der Waals surface area (Å²) in [6.07, 6.45) is 2.71. The largest absolute Gasteiger partial charge is 0.297 e. The van der Waals surface area contributed by atoms with Crippen molar-refractivity contribution >= 4 is 23.5 Å². The molecule has 0 aliphatic heterocycles. The van der Waals surface area contributed by atoms with Crippen molar-refractivity contribution in [3.63, 3.8) is 0 Å². The van der Waals surface area contributed by atoms with Crippen LogP contribution < -0.4 is 0 Å². The van der Waals surface area contributed by atoms with E-state index in [9.17, 15) is 4.79 Å². The average Bonchev–Trinajstić information content (AvgIpc) is 2.79. The SMILES string of the molecule is Cc1ccn2c(C=O)c(-c3ccc(Cl)c(C)c3)nc2c1. The number of carbonyl (C=O) groups excluding carboxylic acids is 1. The van der Waals surface area contributed by atoms with Crippen LogP contribution >= 0.6 is 11.6 Å². The van der Waals surface area contributed by atoms with Crippen LogP contribution in [0.2, 0.25) is 5.02 Å². The van der Waals surface area contributed by atoms with Gasteiger partial charge in [-0.25, -0.2) is 4.98 Å². The van der Waals surface area contributed by atoms with Crippen LogP contribution in [0.4, 0.5) is 0 Å². The quantitative estimate of drug-likeness (QED) is 0.665. The molecular formula is C16H13ClN2O. The molecule has 0 N–H and O–H groups in total. The Morgan fingerprint density at radius 3 is 2.70 bits per heavy atom. The monoisotopic (exact) mass is 284 g/mol. The van der Waals surface area contributed by atoms with Gasteiger partial charge in [-0.2, -0.15) is 0 Å². The normalized spacial score (nSPS) is 10.9. The topological polar surface area (TPSA) is 34.4 Å². The molecule has 0 saturated carbocycles. The van der Waals surface area contributed by atoms with Crippen LogP contribution in [0.5, 0.6) is 0 Å². The fourth-order valence-corrected chi connectivity index (χ4v) is 2.40. The molecule has 0 unspecified atom stereocenters. The van der Waals surface area contributed by atoms with Crippen molar-refractivity contribution in [3.8, 4) is 11.3 Å². The Morgan fingerprint density at radius 1 is 1.20 bits per heavy atom. The van der Waals surface area contributed by atoms with Crippen LogP contribution in [0.1, 0.15) is 21.6 Å². The molecular weight excluding hydrogens is 272 g/mol. The average molecular weight is 285 g/mol. The number of rotatable bonds is 2. The molecule has 0 saturated heterocycles. The van der Waals surface area contributed by atoms with E-state index >= 15 is 0 Å². The fourth-order valence-electron chi connectivity index (χ4n) is 2.28. The van der Waals surface area contributed by atoms with Gasteiger partial charge >= 0.3 is 0 Å². The van der Waals surface area contributed by atoms with E-state index in [0.29, 0.717) is 16.4 Å². The lowest BCUT2D eigenvalue weighted by molar-refractivity contribution is 0.111.